The molecule has 1 amide bonds. The van der Waals surface area contributed by atoms with Gasteiger partial charge in [0.1, 0.15) is 5.01 Å². The second-order valence-corrected chi connectivity index (χ2v) is 5.03. The van der Waals surface area contributed by atoms with E-state index in [0.29, 0.717) is 21.4 Å². The second-order valence-electron chi connectivity index (χ2n) is 3.41. The molecule has 1 aromatic carbocycles. The number of nitrogens with one attached hydrogen (secondary N) is 2. The van der Waals surface area contributed by atoms with Crippen LogP contribution in [0.1, 0.15) is 15.4 Å². The van der Waals surface area contributed by atoms with Crippen LogP contribution in [0.4, 0.5) is 10.8 Å². The first-order valence-corrected chi connectivity index (χ1v) is 6.17. The molecule has 0 aliphatic rings. The number of hydrazine groups is 1. The van der Waals surface area contributed by atoms with E-state index in [1.54, 1.807) is 19.1 Å². The predicted molar refractivity (Wildman–Crippen MR) is 71.9 cm³/mol. The number of nitrogens with zero attached hydrogens (tertiary/aromatic N) is 2. The monoisotopic (exact) mass is 283 g/mol. The lowest BCUT2D eigenvalue weighted by molar-refractivity contribution is 0.102. The molecule has 94 valence electrons. The fourth-order valence-corrected chi connectivity index (χ4v) is 2.10. The molecule has 0 saturated carbocycles. The van der Waals surface area contributed by atoms with Gasteiger partial charge in [0.25, 0.3) is 5.91 Å². The highest BCUT2D eigenvalue weighted by atomic mass is 35.5. The number of benzene rings is 1. The average molecular weight is 284 g/mol. The van der Waals surface area contributed by atoms with E-state index in [-0.39, 0.29) is 5.91 Å². The van der Waals surface area contributed by atoms with Gasteiger partial charge in [0, 0.05) is 5.02 Å². The minimum absolute atomic E-state index is 0.345. The fraction of sp³-hybridized carbons (Fsp3) is 0.100. The SMILES string of the molecule is Cc1nnc(NC(=O)c2cc(Cl)ccc2NN)s1. The molecule has 18 heavy (non-hydrogen) atoms. The van der Waals surface area contributed by atoms with Crippen LogP contribution < -0.4 is 16.6 Å². The Bertz CT molecular complexity index is 585. The molecule has 2 aromatic rings. The third kappa shape index (κ3) is 2.76. The lowest BCUT2D eigenvalue weighted by atomic mass is 10.1. The molecule has 8 heteroatoms. The van der Waals surface area contributed by atoms with Gasteiger partial charge in [0.15, 0.2) is 0 Å². The zero-order valence-corrected chi connectivity index (χ0v) is 11.0. The van der Waals surface area contributed by atoms with E-state index in [4.69, 9.17) is 17.4 Å². The van der Waals surface area contributed by atoms with Crippen molar-refractivity contribution < 1.29 is 4.79 Å². The molecule has 0 aliphatic heterocycles. The van der Waals surface area contributed by atoms with Crippen molar-refractivity contribution in [3.63, 3.8) is 0 Å². The molecule has 1 aromatic heterocycles. The van der Waals surface area contributed by atoms with Crippen LogP contribution in [0.3, 0.4) is 0 Å². The Kier molecular flexibility index (Phi) is 3.75. The number of carbonyl (C=O) groups is 1. The van der Waals surface area contributed by atoms with Gasteiger partial charge in [0.05, 0.1) is 11.3 Å². The van der Waals surface area contributed by atoms with Crippen LogP contribution in [0, 0.1) is 6.92 Å². The summed E-state index contributed by atoms with van der Waals surface area (Å²) >= 11 is 7.14. The van der Waals surface area contributed by atoms with Gasteiger partial charge in [0.2, 0.25) is 5.13 Å². The van der Waals surface area contributed by atoms with Crippen molar-refractivity contribution in [2.75, 3.05) is 10.7 Å². The van der Waals surface area contributed by atoms with E-state index in [0.717, 1.165) is 5.01 Å². The molecule has 0 saturated heterocycles. The van der Waals surface area contributed by atoms with Crippen molar-refractivity contribution in [3.05, 3.63) is 33.8 Å². The van der Waals surface area contributed by atoms with Gasteiger partial charge < -0.3 is 5.43 Å². The van der Waals surface area contributed by atoms with Gasteiger partial charge >= 0.3 is 0 Å². The van der Waals surface area contributed by atoms with Crippen molar-refractivity contribution in [2.45, 2.75) is 6.92 Å². The standard InChI is InChI=1S/C10H10ClN5OS/c1-5-15-16-10(18-5)13-9(17)7-4-6(11)2-3-8(7)14-12/h2-4,14H,12H2,1H3,(H,13,16,17). The summed E-state index contributed by atoms with van der Waals surface area (Å²) in [6.45, 7) is 1.81. The molecule has 6 nitrogen and oxygen atoms in total. The molecule has 0 atom stereocenters. The first-order chi connectivity index (χ1) is 8.60. The van der Waals surface area contributed by atoms with E-state index < -0.39 is 0 Å². The minimum Gasteiger partial charge on any atom is -0.323 e. The third-order valence-corrected chi connectivity index (χ3v) is 3.12. The molecule has 1 heterocycles. The highest BCUT2D eigenvalue weighted by Gasteiger charge is 2.13. The molecule has 2 rings (SSSR count). The highest BCUT2D eigenvalue weighted by molar-refractivity contribution is 7.15. The first kappa shape index (κ1) is 12.7. The number of carbonyl (C=O) groups excluding carboxylic acids is 1. The van der Waals surface area contributed by atoms with Gasteiger partial charge in [-0.25, -0.2) is 0 Å². The highest BCUT2D eigenvalue weighted by Crippen LogP contribution is 2.22. The molecule has 0 unspecified atom stereocenters. The molecule has 0 fully saturated rings. The van der Waals surface area contributed by atoms with Gasteiger partial charge in [-0.05, 0) is 25.1 Å². The third-order valence-electron chi connectivity index (χ3n) is 2.13. The number of hydrogen-bond donors (Lipinski definition) is 3. The van der Waals surface area contributed by atoms with Gasteiger partial charge in [-0.2, -0.15) is 0 Å². The molecular formula is C10H10ClN5OS. The minimum atomic E-state index is -0.346. The van der Waals surface area contributed by atoms with Crippen LogP contribution in [0.25, 0.3) is 0 Å². The van der Waals surface area contributed by atoms with Gasteiger partial charge in [-0.1, -0.05) is 22.9 Å². The number of anilines is 2. The molecule has 4 N–H and O–H groups in total. The van der Waals surface area contributed by atoms with Crippen LogP contribution in [0.15, 0.2) is 18.2 Å². The fourth-order valence-electron chi connectivity index (χ4n) is 1.34. The van der Waals surface area contributed by atoms with Crippen LogP contribution in [-0.4, -0.2) is 16.1 Å². The van der Waals surface area contributed by atoms with Crippen molar-refractivity contribution in [2.24, 2.45) is 5.84 Å². The summed E-state index contributed by atoms with van der Waals surface area (Å²) in [4.78, 5) is 12.0. The maximum Gasteiger partial charge on any atom is 0.259 e. The van der Waals surface area contributed by atoms with Crippen LogP contribution in [0.2, 0.25) is 5.02 Å². The lowest BCUT2D eigenvalue weighted by Gasteiger charge is -2.08. The van der Waals surface area contributed by atoms with Crippen molar-refractivity contribution >= 4 is 39.7 Å². The van der Waals surface area contributed by atoms with Crippen molar-refractivity contribution in [3.8, 4) is 0 Å². The largest absolute Gasteiger partial charge is 0.323 e. The number of nitrogens with two attached hydrogens (primary N) is 1. The lowest BCUT2D eigenvalue weighted by Crippen LogP contribution is -2.17. The predicted octanol–water partition coefficient (Wildman–Crippen LogP) is 2.04. The molecule has 0 spiro atoms. The van der Waals surface area contributed by atoms with Crippen molar-refractivity contribution in [1.29, 1.82) is 0 Å². The Balaban J connectivity index is 2.25. The Morgan fingerprint density at radius 1 is 1.44 bits per heavy atom. The Morgan fingerprint density at radius 3 is 2.83 bits per heavy atom. The summed E-state index contributed by atoms with van der Waals surface area (Å²) < 4.78 is 0. The zero-order valence-electron chi connectivity index (χ0n) is 9.40. The number of aromatic nitrogens is 2. The zero-order chi connectivity index (χ0) is 13.1. The number of amides is 1. The maximum absolute atomic E-state index is 12.0. The summed E-state index contributed by atoms with van der Waals surface area (Å²) in [5, 5.41) is 11.9. The normalized spacial score (nSPS) is 10.2. The van der Waals surface area contributed by atoms with E-state index in [1.165, 1.54) is 17.4 Å². The van der Waals surface area contributed by atoms with Crippen LogP contribution >= 0.6 is 22.9 Å². The van der Waals surface area contributed by atoms with Crippen LogP contribution in [0.5, 0.6) is 0 Å². The molecule has 0 aliphatic carbocycles. The smallest absolute Gasteiger partial charge is 0.259 e. The number of nitrogen functional groups attached to an aromatic ring is 1. The summed E-state index contributed by atoms with van der Waals surface area (Å²) in [6.07, 6.45) is 0. The van der Waals surface area contributed by atoms with Gasteiger partial charge in [-0.15, -0.1) is 10.2 Å². The van der Waals surface area contributed by atoms with E-state index >= 15 is 0 Å². The Hall–Kier alpha value is -1.70. The van der Waals surface area contributed by atoms with Crippen LogP contribution in [-0.2, 0) is 0 Å². The summed E-state index contributed by atoms with van der Waals surface area (Å²) in [7, 11) is 0. The van der Waals surface area contributed by atoms with E-state index in [2.05, 4.69) is 20.9 Å². The summed E-state index contributed by atoms with van der Waals surface area (Å²) in [5.74, 6) is 4.99. The van der Waals surface area contributed by atoms with Gasteiger partial charge in [-0.3, -0.25) is 16.0 Å². The first-order valence-electron chi connectivity index (χ1n) is 4.98. The number of rotatable bonds is 3. The second kappa shape index (κ2) is 5.30. The maximum atomic E-state index is 12.0. The average Bonchev–Trinajstić information content (AvgIpc) is 2.74. The number of halogens is 1. The molecular weight excluding hydrogens is 274 g/mol. The Morgan fingerprint density at radius 2 is 2.22 bits per heavy atom. The number of aryl methyl sites for hydroxylation is 1. The quantitative estimate of drug-likeness (QED) is 0.592. The Labute approximate surface area is 112 Å². The molecule has 0 radical (unpaired) electrons. The van der Waals surface area contributed by atoms with Crippen molar-refractivity contribution in [1.82, 2.24) is 10.2 Å². The summed E-state index contributed by atoms with van der Waals surface area (Å²) in [5.41, 5.74) is 3.27. The summed E-state index contributed by atoms with van der Waals surface area (Å²) in [6, 6.07) is 4.80. The van der Waals surface area contributed by atoms with E-state index in [9.17, 15) is 4.79 Å². The number of hydrogen-bond acceptors (Lipinski definition) is 6. The topological polar surface area (TPSA) is 92.9 Å². The molecule has 0 bridgehead atoms. The van der Waals surface area contributed by atoms with E-state index in [1.807, 2.05) is 0 Å².